The molecule has 0 fully saturated rings. The summed E-state index contributed by atoms with van der Waals surface area (Å²) < 4.78 is 6.96. The van der Waals surface area contributed by atoms with E-state index in [1.54, 1.807) is 0 Å². The highest BCUT2D eigenvalue weighted by atomic mass is 79.9. The van der Waals surface area contributed by atoms with Gasteiger partial charge in [0.25, 0.3) is 0 Å². The third-order valence-corrected chi connectivity index (χ3v) is 3.79. The van der Waals surface area contributed by atoms with Gasteiger partial charge in [-0.25, -0.2) is 0 Å². The van der Waals surface area contributed by atoms with E-state index >= 15 is 0 Å². The number of halogens is 3. The van der Waals surface area contributed by atoms with Crippen LogP contribution in [-0.4, -0.2) is 6.54 Å². The number of rotatable bonds is 6. The Morgan fingerprint density at radius 1 is 1.14 bits per heavy atom. The minimum Gasteiger partial charge on any atom is -0.489 e. The van der Waals surface area contributed by atoms with Gasteiger partial charge >= 0.3 is 0 Å². The SMILES string of the molecule is CCNCc1cc(Br)ccc1OCc1ccccc1Cl.Cl. The van der Waals surface area contributed by atoms with Gasteiger partial charge in [-0.3, -0.25) is 0 Å². The molecule has 0 saturated carbocycles. The molecule has 2 rings (SSSR count). The molecular weight excluding hydrogens is 373 g/mol. The van der Waals surface area contributed by atoms with E-state index < -0.39 is 0 Å². The Morgan fingerprint density at radius 2 is 1.90 bits per heavy atom. The number of nitrogens with one attached hydrogen (secondary N) is 1. The summed E-state index contributed by atoms with van der Waals surface area (Å²) in [7, 11) is 0. The zero-order valence-corrected chi connectivity index (χ0v) is 14.9. The molecule has 0 aliphatic carbocycles. The lowest BCUT2D eigenvalue weighted by atomic mass is 10.2. The molecule has 0 saturated heterocycles. The van der Waals surface area contributed by atoms with Crippen molar-refractivity contribution in [1.29, 1.82) is 0 Å². The lowest BCUT2D eigenvalue weighted by molar-refractivity contribution is 0.302. The average Bonchev–Trinajstić information content (AvgIpc) is 2.45. The molecule has 21 heavy (non-hydrogen) atoms. The van der Waals surface area contributed by atoms with Crippen molar-refractivity contribution in [3.05, 3.63) is 63.1 Å². The lowest BCUT2D eigenvalue weighted by Gasteiger charge is -2.13. The topological polar surface area (TPSA) is 21.3 Å². The Bertz CT molecular complexity index is 578. The van der Waals surface area contributed by atoms with E-state index in [0.29, 0.717) is 6.61 Å². The van der Waals surface area contributed by atoms with Gasteiger partial charge in [-0.05, 0) is 30.8 Å². The first-order valence-corrected chi connectivity index (χ1v) is 7.73. The van der Waals surface area contributed by atoms with E-state index in [-0.39, 0.29) is 12.4 Å². The predicted octanol–water partition coefficient (Wildman–Crippen LogP) is 5.21. The van der Waals surface area contributed by atoms with Crippen LogP contribution in [0.25, 0.3) is 0 Å². The van der Waals surface area contributed by atoms with E-state index in [4.69, 9.17) is 16.3 Å². The van der Waals surface area contributed by atoms with Gasteiger partial charge in [0, 0.05) is 27.2 Å². The zero-order chi connectivity index (χ0) is 14.4. The van der Waals surface area contributed by atoms with Crippen molar-refractivity contribution in [2.45, 2.75) is 20.1 Å². The summed E-state index contributed by atoms with van der Waals surface area (Å²) in [6.07, 6.45) is 0. The Morgan fingerprint density at radius 3 is 2.62 bits per heavy atom. The number of hydrogen-bond donors (Lipinski definition) is 1. The Balaban J connectivity index is 0.00000220. The standard InChI is InChI=1S/C16H17BrClNO.ClH/c1-2-19-10-13-9-14(17)7-8-16(13)20-11-12-5-3-4-6-15(12)18;/h3-9,19H,2,10-11H2,1H3;1H. The summed E-state index contributed by atoms with van der Waals surface area (Å²) in [5, 5.41) is 4.05. The van der Waals surface area contributed by atoms with E-state index in [0.717, 1.165) is 39.5 Å². The Labute approximate surface area is 145 Å². The molecule has 114 valence electrons. The molecule has 1 N–H and O–H groups in total. The van der Waals surface area contributed by atoms with Gasteiger partial charge in [0.15, 0.2) is 0 Å². The molecule has 2 nitrogen and oxygen atoms in total. The Hall–Kier alpha value is -0.740. The maximum absolute atomic E-state index is 6.14. The zero-order valence-electron chi connectivity index (χ0n) is 11.7. The monoisotopic (exact) mass is 389 g/mol. The van der Waals surface area contributed by atoms with E-state index in [1.807, 2.05) is 36.4 Å². The third-order valence-electron chi connectivity index (χ3n) is 2.93. The fraction of sp³-hybridized carbons (Fsp3) is 0.250. The average molecular weight is 391 g/mol. The van der Waals surface area contributed by atoms with Gasteiger partial charge in [0.05, 0.1) is 0 Å². The predicted molar refractivity (Wildman–Crippen MR) is 94.6 cm³/mol. The molecule has 0 heterocycles. The first kappa shape index (κ1) is 18.3. The second-order valence-corrected chi connectivity index (χ2v) is 5.74. The quantitative estimate of drug-likeness (QED) is 0.730. The fourth-order valence-electron chi connectivity index (χ4n) is 1.86. The molecule has 0 atom stereocenters. The molecule has 2 aromatic rings. The second-order valence-electron chi connectivity index (χ2n) is 4.41. The summed E-state index contributed by atoms with van der Waals surface area (Å²) in [6.45, 7) is 4.27. The minimum absolute atomic E-state index is 0. The van der Waals surface area contributed by atoms with Crippen molar-refractivity contribution in [2.24, 2.45) is 0 Å². The van der Waals surface area contributed by atoms with Crippen LogP contribution in [0.2, 0.25) is 5.02 Å². The van der Waals surface area contributed by atoms with Crippen molar-refractivity contribution in [2.75, 3.05) is 6.54 Å². The van der Waals surface area contributed by atoms with Crippen LogP contribution in [0.15, 0.2) is 46.9 Å². The van der Waals surface area contributed by atoms with Crippen LogP contribution in [-0.2, 0) is 13.2 Å². The van der Waals surface area contributed by atoms with Crippen LogP contribution in [0.5, 0.6) is 5.75 Å². The summed E-state index contributed by atoms with van der Waals surface area (Å²) in [5.74, 6) is 0.883. The van der Waals surface area contributed by atoms with Gasteiger partial charge < -0.3 is 10.1 Å². The molecule has 0 amide bonds. The van der Waals surface area contributed by atoms with Crippen LogP contribution < -0.4 is 10.1 Å². The van der Waals surface area contributed by atoms with Crippen LogP contribution in [0.1, 0.15) is 18.1 Å². The summed E-state index contributed by atoms with van der Waals surface area (Å²) in [4.78, 5) is 0. The maximum Gasteiger partial charge on any atom is 0.124 e. The van der Waals surface area contributed by atoms with E-state index in [9.17, 15) is 0 Å². The van der Waals surface area contributed by atoms with Crippen LogP contribution in [0, 0.1) is 0 Å². The van der Waals surface area contributed by atoms with Crippen molar-refractivity contribution in [1.82, 2.24) is 5.32 Å². The molecule has 0 unspecified atom stereocenters. The number of hydrogen-bond acceptors (Lipinski definition) is 2. The smallest absolute Gasteiger partial charge is 0.124 e. The van der Waals surface area contributed by atoms with Crippen LogP contribution in [0.4, 0.5) is 0 Å². The Kier molecular flexibility index (Phi) is 8.12. The van der Waals surface area contributed by atoms with Gasteiger partial charge in [-0.1, -0.05) is 52.7 Å². The highest BCUT2D eigenvalue weighted by Crippen LogP contribution is 2.25. The molecular formula is C16H18BrCl2NO. The van der Waals surface area contributed by atoms with Crippen LogP contribution in [0.3, 0.4) is 0 Å². The van der Waals surface area contributed by atoms with Gasteiger partial charge in [-0.15, -0.1) is 12.4 Å². The normalized spacial score (nSPS) is 10.0. The number of ether oxygens (including phenoxy) is 1. The van der Waals surface area contributed by atoms with Crippen molar-refractivity contribution >= 4 is 39.9 Å². The minimum atomic E-state index is 0. The van der Waals surface area contributed by atoms with Gasteiger partial charge in [-0.2, -0.15) is 0 Å². The van der Waals surface area contributed by atoms with Crippen LogP contribution >= 0.6 is 39.9 Å². The van der Waals surface area contributed by atoms with Crippen molar-refractivity contribution in [3.8, 4) is 5.75 Å². The largest absolute Gasteiger partial charge is 0.489 e. The molecule has 2 aromatic carbocycles. The highest BCUT2D eigenvalue weighted by Gasteiger charge is 2.06. The fourth-order valence-corrected chi connectivity index (χ4v) is 2.46. The maximum atomic E-state index is 6.14. The molecule has 0 bridgehead atoms. The second kappa shape index (κ2) is 9.31. The summed E-state index contributed by atoms with van der Waals surface area (Å²) in [5.41, 5.74) is 2.12. The summed E-state index contributed by atoms with van der Waals surface area (Å²) >= 11 is 9.63. The van der Waals surface area contributed by atoms with Gasteiger partial charge in [0.1, 0.15) is 12.4 Å². The first-order chi connectivity index (χ1) is 9.70. The molecule has 0 radical (unpaired) electrons. The summed E-state index contributed by atoms with van der Waals surface area (Å²) in [6, 6.07) is 13.8. The molecule has 0 aliphatic heterocycles. The molecule has 5 heteroatoms. The van der Waals surface area contributed by atoms with E-state index in [2.05, 4.69) is 34.2 Å². The molecule has 0 spiro atoms. The van der Waals surface area contributed by atoms with Gasteiger partial charge in [0.2, 0.25) is 0 Å². The first-order valence-electron chi connectivity index (χ1n) is 6.56. The number of benzene rings is 2. The highest BCUT2D eigenvalue weighted by molar-refractivity contribution is 9.10. The third kappa shape index (κ3) is 5.51. The lowest BCUT2D eigenvalue weighted by Crippen LogP contribution is -2.13. The molecule has 0 aromatic heterocycles. The van der Waals surface area contributed by atoms with E-state index in [1.165, 1.54) is 0 Å². The molecule has 0 aliphatic rings. The van der Waals surface area contributed by atoms with Crippen molar-refractivity contribution in [3.63, 3.8) is 0 Å². The van der Waals surface area contributed by atoms with Crippen molar-refractivity contribution < 1.29 is 4.74 Å².